The summed E-state index contributed by atoms with van der Waals surface area (Å²) in [6.45, 7) is 2.37. The fraction of sp³-hybridized carbons (Fsp3) is 0.368. The molecule has 2 amide bonds. The molecule has 1 fully saturated rings. The molecule has 1 aromatic heterocycles. The van der Waals surface area contributed by atoms with Gasteiger partial charge in [0.15, 0.2) is 0 Å². The number of halogens is 2. The number of piperazine rings is 1. The van der Waals surface area contributed by atoms with Crippen molar-refractivity contribution in [3.05, 3.63) is 51.2 Å². The third-order valence-corrected chi connectivity index (χ3v) is 5.42. The van der Waals surface area contributed by atoms with Crippen molar-refractivity contribution in [2.45, 2.75) is 20.5 Å². The molecule has 144 valence electrons. The monoisotopic (exact) mass is 394 g/mol. The Balaban J connectivity index is 1.66. The summed E-state index contributed by atoms with van der Waals surface area (Å²) >= 11 is 1.58. The van der Waals surface area contributed by atoms with Gasteiger partial charge in [0.25, 0.3) is 11.8 Å². The number of carbonyl (C=O) groups excluding carboxylic acids is 2. The van der Waals surface area contributed by atoms with E-state index in [2.05, 4.69) is 4.74 Å². The molecule has 0 radical (unpaired) electrons. The van der Waals surface area contributed by atoms with E-state index >= 15 is 0 Å². The average molecular weight is 394 g/mol. The number of aryl methyl sites for hydroxylation is 2. The minimum Gasteiger partial charge on any atom is -0.434 e. The van der Waals surface area contributed by atoms with E-state index in [0.717, 1.165) is 9.75 Å². The highest BCUT2D eigenvalue weighted by atomic mass is 32.1. The predicted molar refractivity (Wildman–Crippen MR) is 98.7 cm³/mol. The van der Waals surface area contributed by atoms with E-state index in [1.165, 1.54) is 18.2 Å². The normalized spacial score (nSPS) is 14.6. The molecule has 0 bridgehead atoms. The number of thiophene rings is 1. The van der Waals surface area contributed by atoms with Crippen molar-refractivity contribution in [3.8, 4) is 5.75 Å². The largest absolute Gasteiger partial charge is 0.434 e. The molecule has 2 aromatic rings. The summed E-state index contributed by atoms with van der Waals surface area (Å²) in [6.07, 6.45) is 0. The van der Waals surface area contributed by atoms with Crippen molar-refractivity contribution in [2.24, 2.45) is 0 Å². The lowest BCUT2D eigenvalue weighted by Gasteiger charge is -2.35. The van der Waals surface area contributed by atoms with Crippen LogP contribution in [0.15, 0.2) is 30.3 Å². The van der Waals surface area contributed by atoms with Crippen molar-refractivity contribution < 1.29 is 23.1 Å². The third kappa shape index (κ3) is 4.27. The summed E-state index contributed by atoms with van der Waals surface area (Å²) in [7, 11) is 0. The van der Waals surface area contributed by atoms with Gasteiger partial charge in [0, 0.05) is 35.9 Å². The first-order chi connectivity index (χ1) is 12.9. The SMILES string of the molecule is Cc1cc(C(=O)N2CCN(C(=O)c3ccccc3OC(F)F)CC2)c(C)s1. The lowest BCUT2D eigenvalue weighted by atomic mass is 10.1. The van der Waals surface area contributed by atoms with Crippen LogP contribution >= 0.6 is 11.3 Å². The highest BCUT2D eigenvalue weighted by Crippen LogP contribution is 2.24. The van der Waals surface area contributed by atoms with Crippen LogP contribution in [-0.2, 0) is 0 Å². The van der Waals surface area contributed by atoms with Gasteiger partial charge >= 0.3 is 6.61 Å². The number of rotatable bonds is 4. The van der Waals surface area contributed by atoms with E-state index < -0.39 is 6.61 Å². The summed E-state index contributed by atoms with van der Waals surface area (Å²) in [5, 5.41) is 0. The highest BCUT2D eigenvalue weighted by molar-refractivity contribution is 7.12. The van der Waals surface area contributed by atoms with Gasteiger partial charge in [0.05, 0.1) is 11.1 Å². The predicted octanol–water partition coefficient (Wildman–Crippen LogP) is 3.56. The van der Waals surface area contributed by atoms with Crippen LogP contribution in [0.25, 0.3) is 0 Å². The van der Waals surface area contributed by atoms with Crippen molar-refractivity contribution in [1.29, 1.82) is 0 Å². The second kappa shape index (κ2) is 8.04. The minimum atomic E-state index is -2.99. The number of benzene rings is 1. The lowest BCUT2D eigenvalue weighted by molar-refractivity contribution is -0.0503. The van der Waals surface area contributed by atoms with Gasteiger partial charge in [-0.25, -0.2) is 0 Å². The molecular formula is C19H20F2N2O3S. The van der Waals surface area contributed by atoms with Gasteiger partial charge in [0.2, 0.25) is 0 Å². The van der Waals surface area contributed by atoms with E-state index in [0.29, 0.717) is 31.7 Å². The number of hydrogen-bond acceptors (Lipinski definition) is 4. The van der Waals surface area contributed by atoms with Gasteiger partial charge in [-0.1, -0.05) is 12.1 Å². The number of para-hydroxylation sites is 1. The van der Waals surface area contributed by atoms with Crippen LogP contribution in [0.4, 0.5) is 8.78 Å². The van der Waals surface area contributed by atoms with Gasteiger partial charge in [-0.15, -0.1) is 11.3 Å². The summed E-state index contributed by atoms with van der Waals surface area (Å²) < 4.78 is 29.5. The topological polar surface area (TPSA) is 49.9 Å². The first-order valence-corrected chi connectivity index (χ1v) is 9.38. The third-order valence-electron chi connectivity index (χ3n) is 4.46. The van der Waals surface area contributed by atoms with Crippen LogP contribution in [0, 0.1) is 13.8 Å². The van der Waals surface area contributed by atoms with Crippen LogP contribution in [0.5, 0.6) is 5.75 Å². The molecule has 0 aliphatic carbocycles. The van der Waals surface area contributed by atoms with Crippen LogP contribution in [0.1, 0.15) is 30.5 Å². The minimum absolute atomic E-state index is 0.0367. The van der Waals surface area contributed by atoms with Crippen molar-refractivity contribution in [1.82, 2.24) is 9.80 Å². The van der Waals surface area contributed by atoms with Crippen LogP contribution in [-0.4, -0.2) is 54.4 Å². The van der Waals surface area contributed by atoms with Crippen LogP contribution < -0.4 is 4.74 Å². The van der Waals surface area contributed by atoms with Crippen molar-refractivity contribution in [3.63, 3.8) is 0 Å². The number of alkyl halides is 2. The maximum Gasteiger partial charge on any atom is 0.387 e. The Morgan fingerprint density at radius 3 is 2.07 bits per heavy atom. The molecule has 0 N–H and O–H groups in total. The first-order valence-electron chi connectivity index (χ1n) is 8.56. The molecule has 0 unspecified atom stereocenters. The summed E-state index contributed by atoms with van der Waals surface area (Å²) in [4.78, 5) is 30.7. The van der Waals surface area contributed by atoms with Crippen molar-refractivity contribution >= 4 is 23.2 Å². The number of nitrogens with zero attached hydrogens (tertiary/aromatic N) is 2. The molecule has 1 aromatic carbocycles. The van der Waals surface area contributed by atoms with Crippen LogP contribution in [0.2, 0.25) is 0 Å². The Bertz CT molecular complexity index is 845. The van der Waals surface area contributed by atoms with E-state index in [-0.39, 0.29) is 23.1 Å². The Labute approximate surface area is 160 Å². The zero-order valence-electron chi connectivity index (χ0n) is 15.1. The molecule has 3 rings (SSSR count). The maximum absolute atomic E-state index is 12.7. The van der Waals surface area contributed by atoms with E-state index in [4.69, 9.17) is 0 Å². The Hall–Kier alpha value is -2.48. The van der Waals surface area contributed by atoms with Gasteiger partial charge in [-0.2, -0.15) is 8.78 Å². The molecule has 1 aliphatic rings. The Kier molecular flexibility index (Phi) is 5.74. The van der Waals surface area contributed by atoms with Crippen molar-refractivity contribution in [2.75, 3.05) is 26.2 Å². The molecule has 8 heteroatoms. The molecule has 2 heterocycles. The highest BCUT2D eigenvalue weighted by Gasteiger charge is 2.28. The molecule has 1 saturated heterocycles. The zero-order chi connectivity index (χ0) is 19.6. The molecule has 27 heavy (non-hydrogen) atoms. The fourth-order valence-corrected chi connectivity index (χ4v) is 4.05. The number of carbonyl (C=O) groups is 2. The Morgan fingerprint density at radius 1 is 1.00 bits per heavy atom. The number of hydrogen-bond donors (Lipinski definition) is 0. The van der Waals surface area contributed by atoms with Gasteiger partial charge in [-0.05, 0) is 32.0 Å². The quantitative estimate of drug-likeness (QED) is 0.797. The summed E-state index contributed by atoms with van der Waals surface area (Å²) in [5.41, 5.74) is 0.801. The summed E-state index contributed by atoms with van der Waals surface area (Å²) in [6, 6.07) is 7.84. The maximum atomic E-state index is 12.7. The second-order valence-electron chi connectivity index (χ2n) is 6.29. The molecule has 0 spiro atoms. The average Bonchev–Trinajstić information content (AvgIpc) is 2.99. The van der Waals surface area contributed by atoms with Gasteiger partial charge < -0.3 is 14.5 Å². The Morgan fingerprint density at radius 2 is 1.56 bits per heavy atom. The second-order valence-corrected chi connectivity index (χ2v) is 7.75. The smallest absolute Gasteiger partial charge is 0.387 e. The fourth-order valence-electron chi connectivity index (χ4n) is 3.14. The van der Waals surface area contributed by atoms with Crippen LogP contribution in [0.3, 0.4) is 0 Å². The first kappa shape index (κ1) is 19.3. The molecule has 0 saturated carbocycles. The summed E-state index contributed by atoms with van der Waals surface area (Å²) in [5.74, 6) is -0.549. The van der Waals surface area contributed by atoms with Gasteiger partial charge in [-0.3, -0.25) is 9.59 Å². The van der Waals surface area contributed by atoms with E-state index in [9.17, 15) is 18.4 Å². The van der Waals surface area contributed by atoms with Gasteiger partial charge in [0.1, 0.15) is 5.75 Å². The molecular weight excluding hydrogens is 374 g/mol. The number of ether oxygens (including phenoxy) is 1. The molecule has 1 aliphatic heterocycles. The number of amides is 2. The van der Waals surface area contributed by atoms with E-state index in [1.54, 1.807) is 27.2 Å². The van der Waals surface area contributed by atoms with E-state index in [1.807, 2.05) is 19.9 Å². The molecule has 0 atom stereocenters. The molecule has 5 nitrogen and oxygen atoms in total. The lowest BCUT2D eigenvalue weighted by Crippen LogP contribution is -2.50. The zero-order valence-corrected chi connectivity index (χ0v) is 15.9. The standard InChI is InChI=1S/C19H20F2N2O3S/c1-12-11-15(13(2)27-12)18(25)23-9-7-22(8-10-23)17(24)14-5-3-4-6-16(14)26-19(20)21/h3-6,11,19H,7-10H2,1-2H3.